The van der Waals surface area contributed by atoms with Crippen molar-refractivity contribution in [2.75, 3.05) is 0 Å². The first-order valence-corrected chi connectivity index (χ1v) is 5.17. The normalized spacial score (nSPS) is 33.0. The lowest BCUT2D eigenvalue weighted by atomic mass is 9.75. The van der Waals surface area contributed by atoms with Crippen LogP contribution in [0.5, 0.6) is 0 Å². The van der Waals surface area contributed by atoms with E-state index in [1.54, 1.807) is 0 Å². The molecule has 2 N–H and O–H groups in total. The summed E-state index contributed by atoms with van der Waals surface area (Å²) in [5.74, 6) is 0.291. The van der Waals surface area contributed by atoms with Gasteiger partial charge in [0.2, 0.25) is 0 Å². The van der Waals surface area contributed by atoms with E-state index in [-0.39, 0.29) is 11.0 Å². The van der Waals surface area contributed by atoms with Crippen LogP contribution in [0.1, 0.15) is 34.6 Å². The fourth-order valence-electron chi connectivity index (χ4n) is 1.57. The summed E-state index contributed by atoms with van der Waals surface area (Å²) in [6.45, 7) is 10.7. The molecule has 1 aliphatic carbocycles. The number of rotatable bonds is 1. The predicted molar refractivity (Wildman–Crippen MR) is 59.5 cm³/mol. The van der Waals surface area contributed by atoms with Crippen molar-refractivity contribution in [1.29, 1.82) is 0 Å². The molecule has 0 aliphatic heterocycles. The van der Waals surface area contributed by atoms with Crippen LogP contribution >= 0.6 is 0 Å². The fourth-order valence-corrected chi connectivity index (χ4v) is 1.57. The highest BCUT2D eigenvalue weighted by Crippen LogP contribution is 2.33. The fraction of sp³-hybridized carbons (Fsp3) is 0.667. The van der Waals surface area contributed by atoms with Gasteiger partial charge in [-0.25, -0.2) is 0 Å². The van der Waals surface area contributed by atoms with Gasteiger partial charge in [0.25, 0.3) is 0 Å². The molecule has 0 heterocycles. The number of quaternary nitrogens is 1. The van der Waals surface area contributed by atoms with Crippen molar-refractivity contribution in [2.45, 2.75) is 40.2 Å². The van der Waals surface area contributed by atoms with Gasteiger partial charge in [-0.3, -0.25) is 0 Å². The third-order valence-corrected chi connectivity index (χ3v) is 3.15. The maximum absolute atomic E-state index is 11.0. The van der Waals surface area contributed by atoms with Crippen LogP contribution in [0.25, 0.3) is 0 Å². The molecule has 2 atom stereocenters. The molecule has 0 amide bonds. The number of hydrogen-bond acceptors (Lipinski definition) is 1. The van der Waals surface area contributed by atoms with E-state index in [0.29, 0.717) is 5.92 Å². The minimum atomic E-state index is -0.311. The summed E-state index contributed by atoms with van der Waals surface area (Å²) in [6.07, 6.45) is 6.34. The molecule has 0 saturated carbocycles. The lowest BCUT2D eigenvalue weighted by Crippen LogP contribution is -2.92. The molecule has 0 aromatic heterocycles. The monoisotopic (exact) mass is 195 g/mol. The SMILES string of the molecule is CC1C=C(C(C)(C)C)C=CC1(C)[NH2+][O-]. The Hall–Kier alpha value is -0.600. The Bertz CT molecular complexity index is 273. The second kappa shape index (κ2) is 3.52. The highest BCUT2D eigenvalue weighted by molar-refractivity contribution is 5.32. The van der Waals surface area contributed by atoms with Gasteiger partial charge >= 0.3 is 0 Å². The lowest BCUT2D eigenvalue weighted by Gasteiger charge is -2.36. The molecule has 2 nitrogen and oxygen atoms in total. The topological polar surface area (TPSA) is 39.7 Å². The Balaban J connectivity index is 2.93. The van der Waals surface area contributed by atoms with Gasteiger partial charge < -0.3 is 10.7 Å². The Labute approximate surface area is 86.7 Å². The van der Waals surface area contributed by atoms with Crippen LogP contribution in [0, 0.1) is 16.5 Å². The summed E-state index contributed by atoms with van der Waals surface area (Å²) in [7, 11) is 0. The summed E-state index contributed by atoms with van der Waals surface area (Å²) in [4.78, 5) is 0. The minimum absolute atomic E-state index is 0.176. The van der Waals surface area contributed by atoms with Gasteiger partial charge in [0.05, 0.1) is 0 Å². The van der Waals surface area contributed by atoms with Gasteiger partial charge in [0.15, 0.2) is 0 Å². The zero-order valence-corrected chi connectivity index (χ0v) is 9.79. The third-order valence-electron chi connectivity index (χ3n) is 3.15. The molecule has 1 aliphatic rings. The number of allylic oxidation sites excluding steroid dienone is 2. The first-order chi connectivity index (χ1) is 6.29. The van der Waals surface area contributed by atoms with E-state index in [1.807, 2.05) is 13.0 Å². The van der Waals surface area contributed by atoms with Gasteiger partial charge in [-0.2, -0.15) is 0 Å². The van der Waals surface area contributed by atoms with Gasteiger partial charge in [-0.1, -0.05) is 39.8 Å². The quantitative estimate of drug-likeness (QED) is 0.638. The van der Waals surface area contributed by atoms with Crippen molar-refractivity contribution in [1.82, 2.24) is 0 Å². The Morgan fingerprint density at radius 2 is 2.00 bits per heavy atom. The van der Waals surface area contributed by atoms with E-state index in [1.165, 1.54) is 5.57 Å². The first kappa shape index (κ1) is 11.5. The maximum Gasteiger partial charge on any atom is 0.118 e. The Morgan fingerprint density at radius 1 is 1.43 bits per heavy atom. The highest BCUT2D eigenvalue weighted by atomic mass is 16.5. The van der Waals surface area contributed by atoms with Gasteiger partial charge in [-0.15, -0.1) is 0 Å². The standard InChI is InChI=1S/C12H21NO/c1-9-8-10(11(2,3)4)6-7-12(9,5)13-14/h6-9H,13H2,1-5H3. The molecular formula is C12H21NO. The molecule has 14 heavy (non-hydrogen) atoms. The molecule has 0 saturated heterocycles. The average molecular weight is 195 g/mol. The largest absolute Gasteiger partial charge is 0.635 e. The maximum atomic E-state index is 11.0. The second-order valence-corrected chi connectivity index (χ2v) is 5.48. The van der Waals surface area contributed by atoms with Crippen molar-refractivity contribution in [3.05, 3.63) is 29.0 Å². The smallest absolute Gasteiger partial charge is 0.118 e. The number of nitrogens with two attached hydrogens (primary N) is 1. The summed E-state index contributed by atoms with van der Waals surface area (Å²) in [5, 5.41) is 11.0. The molecule has 2 heteroatoms. The number of hydrogen-bond donors (Lipinski definition) is 1. The molecule has 0 radical (unpaired) electrons. The molecule has 0 bridgehead atoms. The van der Waals surface area contributed by atoms with Crippen molar-refractivity contribution < 1.29 is 5.48 Å². The molecule has 1 rings (SSSR count). The highest BCUT2D eigenvalue weighted by Gasteiger charge is 2.32. The van der Waals surface area contributed by atoms with Crippen molar-refractivity contribution in [2.24, 2.45) is 11.3 Å². The van der Waals surface area contributed by atoms with E-state index in [4.69, 9.17) is 0 Å². The van der Waals surface area contributed by atoms with Crippen molar-refractivity contribution >= 4 is 0 Å². The molecule has 0 fully saturated rings. The zero-order chi connectivity index (χ0) is 11.0. The average Bonchev–Trinajstić information content (AvgIpc) is 2.08. The van der Waals surface area contributed by atoms with Crippen LogP contribution in [-0.4, -0.2) is 5.54 Å². The van der Waals surface area contributed by atoms with Gasteiger partial charge in [-0.05, 0) is 24.0 Å². The van der Waals surface area contributed by atoms with Crippen LogP contribution in [-0.2, 0) is 0 Å². The van der Waals surface area contributed by atoms with E-state index >= 15 is 0 Å². The van der Waals surface area contributed by atoms with Crippen LogP contribution in [0.15, 0.2) is 23.8 Å². The van der Waals surface area contributed by atoms with Crippen LogP contribution in [0.2, 0.25) is 0 Å². The summed E-state index contributed by atoms with van der Waals surface area (Å²) >= 11 is 0. The van der Waals surface area contributed by atoms with Crippen LogP contribution in [0.4, 0.5) is 0 Å². The number of hydroxylamine groups is 1. The van der Waals surface area contributed by atoms with Gasteiger partial charge in [0.1, 0.15) is 5.54 Å². The Morgan fingerprint density at radius 3 is 2.36 bits per heavy atom. The van der Waals surface area contributed by atoms with E-state index < -0.39 is 0 Å². The minimum Gasteiger partial charge on any atom is -0.635 e. The zero-order valence-electron chi connectivity index (χ0n) is 9.79. The van der Waals surface area contributed by atoms with Crippen molar-refractivity contribution in [3.8, 4) is 0 Å². The summed E-state index contributed by atoms with van der Waals surface area (Å²) in [6, 6.07) is 0. The molecular weight excluding hydrogens is 174 g/mol. The van der Waals surface area contributed by atoms with Crippen molar-refractivity contribution in [3.63, 3.8) is 0 Å². The third kappa shape index (κ3) is 2.07. The summed E-state index contributed by atoms with van der Waals surface area (Å²) < 4.78 is 0. The Kier molecular flexibility index (Phi) is 2.88. The first-order valence-electron chi connectivity index (χ1n) is 5.17. The van der Waals surface area contributed by atoms with E-state index in [2.05, 4.69) is 39.8 Å². The summed E-state index contributed by atoms with van der Waals surface area (Å²) in [5.41, 5.74) is 2.23. The molecule has 0 aromatic rings. The molecule has 0 spiro atoms. The predicted octanol–water partition coefficient (Wildman–Crippen LogP) is 1.98. The molecule has 0 aromatic carbocycles. The van der Waals surface area contributed by atoms with Gasteiger partial charge in [0, 0.05) is 5.92 Å². The van der Waals surface area contributed by atoms with Crippen LogP contribution < -0.4 is 5.48 Å². The lowest BCUT2D eigenvalue weighted by molar-refractivity contribution is -0.659. The molecule has 80 valence electrons. The molecule has 2 unspecified atom stereocenters. The van der Waals surface area contributed by atoms with E-state index in [9.17, 15) is 5.21 Å². The van der Waals surface area contributed by atoms with E-state index in [0.717, 1.165) is 5.48 Å². The second-order valence-electron chi connectivity index (χ2n) is 5.48. The van der Waals surface area contributed by atoms with Crippen LogP contribution in [0.3, 0.4) is 0 Å².